The molecule has 0 unspecified atom stereocenters. The molecule has 1 aromatic rings. The first-order valence-electron chi connectivity index (χ1n) is 5.28. The molecule has 0 radical (unpaired) electrons. The first-order chi connectivity index (χ1) is 8.54. The number of anilines is 1. The van der Waals surface area contributed by atoms with Gasteiger partial charge < -0.3 is 10.1 Å². The van der Waals surface area contributed by atoms with E-state index in [0.29, 0.717) is 0 Å². The van der Waals surface area contributed by atoms with Crippen LogP contribution in [0.3, 0.4) is 0 Å². The third kappa shape index (κ3) is 4.37. The summed E-state index contributed by atoms with van der Waals surface area (Å²) in [4.78, 5) is 22.6. The summed E-state index contributed by atoms with van der Waals surface area (Å²) >= 11 is 1.13. The number of carbonyl (C=O) groups is 2. The zero-order valence-electron chi connectivity index (χ0n) is 10.1. The number of rotatable bonds is 5. The number of para-hydroxylation sites is 1. The number of benzene rings is 1. The number of thioether (sulfide) groups is 1. The minimum atomic E-state index is -0.490. The van der Waals surface area contributed by atoms with Gasteiger partial charge in [0.15, 0.2) is 0 Å². The van der Waals surface area contributed by atoms with Crippen LogP contribution in [0, 0.1) is 5.82 Å². The minimum absolute atomic E-state index is 0.0857. The van der Waals surface area contributed by atoms with Gasteiger partial charge in [0.2, 0.25) is 5.91 Å². The maximum atomic E-state index is 13.3. The smallest absolute Gasteiger partial charge is 0.315 e. The number of hydrogen-bond donors (Lipinski definition) is 1. The molecule has 6 heteroatoms. The van der Waals surface area contributed by atoms with E-state index in [0.717, 1.165) is 11.8 Å². The normalized spacial score (nSPS) is 11.7. The van der Waals surface area contributed by atoms with Crippen LogP contribution in [0.25, 0.3) is 0 Å². The highest BCUT2D eigenvalue weighted by Crippen LogP contribution is 2.16. The summed E-state index contributed by atoms with van der Waals surface area (Å²) in [5.74, 6) is -1.15. The molecule has 0 aliphatic carbocycles. The molecule has 1 N–H and O–H groups in total. The van der Waals surface area contributed by atoms with E-state index in [9.17, 15) is 14.0 Å². The highest BCUT2D eigenvalue weighted by atomic mass is 32.2. The van der Waals surface area contributed by atoms with Crippen molar-refractivity contribution in [3.8, 4) is 0 Å². The Morgan fingerprint density at radius 3 is 2.72 bits per heavy atom. The van der Waals surface area contributed by atoms with E-state index in [1.165, 1.54) is 19.2 Å². The van der Waals surface area contributed by atoms with Crippen molar-refractivity contribution in [3.05, 3.63) is 30.1 Å². The molecule has 1 atom stereocenters. The Morgan fingerprint density at radius 2 is 2.11 bits per heavy atom. The molecular weight excluding hydrogens is 257 g/mol. The van der Waals surface area contributed by atoms with Crippen molar-refractivity contribution < 1.29 is 18.7 Å². The summed E-state index contributed by atoms with van der Waals surface area (Å²) in [6.45, 7) is 1.64. The van der Waals surface area contributed by atoms with Crippen molar-refractivity contribution in [2.45, 2.75) is 12.2 Å². The fraction of sp³-hybridized carbons (Fsp3) is 0.333. The van der Waals surface area contributed by atoms with Crippen molar-refractivity contribution in [2.75, 3.05) is 18.2 Å². The van der Waals surface area contributed by atoms with Crippen LogP contribution in [-0.2, 0) is 14.3 Å². The minimum Gasteiger partial charge on any atom is -0.468 e. The van der Waals surface area contributed by atoms with Crippen LogP contribution in [0.5, 0.6) is 0 Å². The summed E-state index contributed by atoms with van der Waals surface area (Å²) in [6, 6.07) is 5.91. The van der Waals surface area contributed by atoms with Gasteiger partial charge in [0.05, 0.1) is 23.8 Å². The Labute approximate surface area is 109 Å². The first-order valence-corrected chi connectivity index (χ1v) is 6.33. The lowest BCUT2D eigenvalue weighted by Crippen LogP contribution is -2.24. The second kappa shape index (κ2) is 7.00. The fourth-order valence-electron chi connectivity index (χ4n) is 1.12. The van der Waals surface area contributed by atoms with Crippen LogP contribution in [-0.4, -0.2) is 30.0 Å². The number of nitrogens with one attached hydrogen (secondary N) is 1. The van der Waals surface area contributed by atoms with Gasteiger partial charge in [-0.25, -0.2) is 4.39 Å². The Bertz CT molecular complexity index is 439. The second-order valence-electron chi connectivity index (χ2n) is 3.50. The van der Waals surface area contributed by atoms with Crippen LogP contribution in [0.15, 0.2) is 24.3 Å². The molecule has 0 saturated carbocycles. The molecule has 1 aromatic carbocycles. The van der Waals surface area contributed by atoms with Gasteiger partial charge in [-0.3, -0.25) is 9.59 Å². The molecule has 1 amide bonds. The van der Waals surface area contributed by atoms with Crippen LogP contribution < -0.4 is 5.32 Å². The van der Waals surface area contributed by atoms with E-state index in [2.05, 4.69) is 10.1 Å². The highest BCUT2D eigenvalue weighted by Gasteiger charge is 2.16. The quantitative estimate of drug-likeness (QED) is 0.833. The zero-order chi connectivity index (χ0) is 13.5. The number of halogens is 1. The average molecular weight is 271 g/mol. The summed E-state index contributed by atoms with van der Waals surface area (Å²) in [6.07, 6.45) is 0. The van der Waals surface area contributed by atoms with Gasteiger partial charge in [-0.05, 0) is 19.1 Å². The van der Waals surface area contributed by atoms with Crippen LogP contribution in [0.1, 0.15) is 6.92 Å². The Morgan fingerprint density at radius 1 is 1.44 bits per heavy atom. The van der Waals surface area contributed by atoms with Crippen LogP contribution in [0.4, 0.5) is 10.1 Å². The number of amides is 1. The average Bonchev–Trinajstić information content (AvgIpc) is 2.38. The second-order valence-corrected chi connectivity index (χ2v) is 4.83. The molecule has 0 bridgehead atoms. The van der Waals surface area contributed by atoms with E-state index in [1.807, 2.05) is 0 Å². The predicted molar refractivity (Wildman–Crippen MR) is 69.0 cm³/mol. The van der Waals surface area contributed by atoms with E-state index in [4.69, 9.17) is 0 Å². The van der Waals surface area contributed by atoms with Gasteiger partial charge in [0, 0.05) is 0 Å². The van der Waals surface area contributed by atoms with E-state index in [1.54, 1.807) is 19.1 Å². The third-order valence-corrected chi connectivity index (χ3v) is 3.30. The number of methoxy groups -OCH3 is 1. The maximum Gasteiger partial charge on any atom is 0.315 e. The molecule has 18 heavy (non-hydrogen) atoms. The van der Waals surface area contributed by atoms with E-state index in [-0.39, 0.29) is 17.3 Å². The highest BCUT2D eigenvalue weighted by molar-refractivity contribution is 8.01. The summed E-state index contributed by atoms with van der Waals surface area (Å²) in [5.41, 5.74) is 0.132. The van der Waals surface area contributed by atoms with Gasteiger partial charge in [0.25, 0.3) is 0 Å². The topological polar surface area (TPSA) is 55.4 Å². The van der Waals surface area contributed by atoms with Crippen LogP contribution in [0.2, 0.25) is 0 Å². The monoisotopic (exact) mass is 271 g/mol. The number of esters is 1. The number of ether oxygens (including phenoxy) is 1. The van der Waals surface area contributed by atoms with Crippen molar-refractivity contribution in [2.24, 2.45) is 0 Å². The largest absolute Gasteiger partial charge is 0.468 e. The van der Waals surface area contributed by atoms with E-state index < -0.39 is 17.0 Å². The van der Waals surface area contributed by atoms with Gasteiger partial charge in [-0.15, -0.1) is 11.8 Å². The van der Waals surface area contributed by atoms with Crippen molar-refractivity contribution >= 4 is 29.3 Å². The van der Waals surface area contributed by atoms with Crippen molar-refractivity contribution in [1.82, 2.24) is 0 Å². The third-order valence-electron chi connectivity index (χ3n) is 2.18. The zero-order valence-corrected chi connectivity index (χ0v) is 10.9. The lowest BCUT2D eigenvalue weighted by molar-refractivity contribution is -0.137. The molecule has 0 aliphatic heterocycles. The summed E-state index contributed by atoms with van der Waals surface area (Å²) in [7, 11) is 1.28. The SMILES string of the molecule is COC(=O)CS[C@@H](C)C(=O)Nc1ccccc1F. The Hall–Kier alpha value is -1.56. The number of carbonyl (C=O) groups excluding carboxylic acids is 2. The van der Waals surface area contributed by atoms with Gasteiger partial charge in [-0.1, -0.05) is 12.1 Å². The Balaban J connectivity index is 2.50. The van der Waals surface area contributed by atoms with Crippen molar-refractivity contribution in [3.63, 3.8) is 0 Å². The van der Waals surface area contributed by atoms with Gasteiger partial charge in [-0.2, -0.15) is 0 Å². The van der Waals surface area contributed by atoms with E-state index >= 15 is 0 Å². The Kier molecular flexibility index (Phi) is 5.64. The molecule has 0 saturated heterocycles. The first kappa shape index (κ1) is 14.5. The number of hydrogen-bond acceptors (Lipinski definition) is 4. The fourth-order valence-corrected chi connectivity index (χ4v) is 1.84. The molecule has 0 aromatic heterocycles. The molecule has 0 spiro atoms. The lowest BCUT2D eigenvalue weighted by Gasteiger charge is -2.11. The molecule has 0 heterocycles. The predicted octanol–water partition coefficient (Wildman–Crippen LogP) is 2.06. The molecule has 1 rings (SSSR count). The molecule has 0 fully saturated rings. The molecular formula is C12H14FNO3S. The standard InChI is InChI=1S/C12H14FNO3S/c1-8(18-7-11(15)17-2)12(16)14-10-6-4-3-5-9(10)13/h3-6,8H,7H2,1-2H3,(H,14,16)/t8-/m0/s1. The maximum absolute atomic E-state index is 13.3. The van der Waals surface area contributed by atoms with Gasteiger partial charge in [0.1, 0.15) is 5.82 Å². The van der Waals surface area contributed by atoms with Gasteiger partial charge >= 0.3 is 5.97 Å². The summed E-state index contributed by atoms with van der Waals surface area (Å²) < 4.78 is 17.8. The molecule has 98 valence electrons. The van der Waals surface area contributed by atoms with Crippen molar-refractivity contribution in [1.29, 1.82) is 0 Å². The van der Waals surface area contributed by atoms with Crippen LogP contribution >= 0.6 is 11.8 Å². The lowest BCUT2D eigenvalue weighted by atomic mass is 10.3. The molecule has 4 nitrogen and oxygen atoms in total. The summed E-state index contributed by atoms with van der Waals surface area (Å²) in [5, 5.41) is 2.00. The molecule has 0 aliphatic rings.